The van der Waals surface area contributed by atoms with Crippen molar-refractivity contribution in [1.82, 2.24) is 5.32 Å². The lowest BCUT2D eigenvalue weighted by Crippen LogP contribution is -2.39. The Bertz CT molecular complexity index is 434. The van der Waals surface area contributed by atoms with Crippen LogP contribution < -0.4 is 10.1 Å². The number of carbonyl (C=O) groups excluding carboxylic acids is 1. The maximum absolute atomic E-state index is 11.8. The number of rotatable bonds is 5. The average Bonchev–Trinajstić information content (AvgIpc) is 2.27. The number of nitrogens with one attached hydrogen (secondary N) is 1. The molecule has 0 fully saturated rings. The molecular formula is C15H22ClNO2. The van der Waals surface area contributed by atoms with Crippen molar-refractivity contribution in [3.05, 3.63) is 28.3 Å². The molecule has 19 heavy (non-hydrogen) atoms. The topological polar surface area (TPSA) is 38.3 Å². The Labute approximate surface area is 120 Å². The zero-order valence-electron chi connectivity index (χ0n) is 12.2. The van der Waals surface area contributed by atoms with Gasteiger partial charge in [-0.15, -0.1) is 0 Å². The van der Waals surface area contributed by atoms with Crippen LogP contribution in [-0.2, 0) is 4.79 Å². The maximum Gasteiger partial charge on any atom is 0.258 e. The van der Waals surface area contributed by atoms with Gasteiger partial charge in [-0.25, -0.2) is 0 Å². The van der Waals surface area contributed by atoms with Gasteiger partial charge in [-0.05, 0) is 49.9 Å². The van der Waals surface area contributed by atoms with E-state index in [1.165, 1.54) is 0 Å². The van der Waals surface area contributed by atoms with Gasteiger partial charge in [0.25, 0.3) is 5.91 Å². The Morgan fingerprint density at radius 3 is 2.26 bits per heavy atom. The van der Waals surface area contributed by atoms with Crippen LogP contribution in [0.3, 0.4) is 0 Å². The highest BCUT2D eigenvalue weighted by Crippen LogP contribution is 2.26. The SMILES string of the molecule is Cc1cc(Cl)cc(C)c1OCC(=O)N[C@@H](C)C(C)C. The molecule has 0 aromatic heterocycles. The highest BCUT2D eigenvalue weighted by atomic mass is 35.5. The Balaban J connectivity index is 2.60. The molecule has 4 heteroatoms. The van der Waals surface area contributed by atoms with Crippen LogP contribution in [0.4, 0.5) is 0 Å². The quantitative estimate of drug-likeness (QED) is 0.898. The van der Waals surface area contributed by atoms with Gasteiger partial charge in [-0.1, -0.05) is 25.4 Å². The second-order valence-electron chi connectivity index (χ2n) is 5.26. The molecule has 0 radical (unpaired) electrons. The monoisotopic (exact) mass is 283 g/mol. The van der Waals surface area contributed by atoms with Gasteiger partial charge in [0.2, 0.25) is 0 Å². The van der Waals surface area contributed by atoms with E-state index in [0.717, 1.165) is 16.9 Å². The number of halogens is 1. The van der Waals surface area contributed by atoms with E-state index in [9.17, 15) is 4.79 Å². The fourth-order valence-corrected chi connectivity index (χ4v) is 2.05. The zero-order valence-corrected chi connectivity index (χ0v) is 13.0. The van der Waals surface area contributed by atoms with Gasteiger partial charge in [0, 0.05) is 11.1 Å². The molecule has 0 aliphatic heterocycles. The number of carbonyl (C=O) groups is 1. The predicted molar refractivity (Wildman–Crippen MR) is 78.9 cm³/mol. The van der Waals surface area contributed by atoms with Crippen LogP contribution >= 0.6 is 11.6 Å². The first-order valence-electron chi connectivity index (χ1n) is 6.50. The second kappa shape index (κ2) is 6.80. The standard InChI is InChI=1S/C15H22ClNO2/c1-9(2)12(5)17-14(18)8-19-15-10(3)6-13(16)7-11(15)4/h6-7,9,12H,8H2,1-5H3,(H,17,18)/t12-/m0/s1. The van der Waals surface area contributed by atoms with Crippen molar-refractivity contribution in [3.63, 3.8) is 0 Å². The summed E-state index contributed by atoms with van der Waals surface area (Å²) in [5.41, 5.74) is 1.88. The minimum Gasteiger partial charge on any atom is -0.483 e. The summed E-state index contributed by atoms with van der Waals surface area (Å²) in [5, 5.41) is 3.59. The van der Waals surface area contributed by atoms with Gasteiger partial charge < -0.3 is 10.1 Å². The first kappa shape index (κ1) is 15.8. The summed E-state index contributed by atoms with van der Waals surface area (Å²) in [4.78, 5) is 11.8. The zero-order chi connectivity index (χ0) is 14.6. The lowest BCUT2D eigenvalue weighted by Gasteiger charge is -2.18. The van der Waals surface area contributed by atoms with E-state index < -0.39 is 0 Å². The maximum atomic E-state index is 11.8. The number of amides is 1. The molecule has 1 atom stereocenters. The molecule has 1 N–H and O–H groups in total. The molecule has 0 unspecified atom stereocenters. The van der Waals surface area contributed by atoms with Gasteiger partial charge in [0.05, 0.1) is 0 Å². The third kappa shape index (κ3) is 4.75. The summed E-state index contributed by atoms with van der Waals surface area (Å²) in [6, 6.07) is 3.81. The van der Waals surface area contributed by atoms with Crippen LogP contribution in [0.5, 0.6) is 5.75 Å². The Hall–Kier alpha value is -1.22. The van der Waals surface area contributed by atoms with Gasteiger partial charge in [-0.3, -0.25) is 4.79 Å². The molecule has 0 spiro atoms. The van der Waals surface area contributed by atoms with Gasteiger partial charge >= 0.3 is 0 Å². The molecule has 0 bridgehead atoms. The van der Waals surface area contributed by atoms with Crippen molar-refractivity contribution >= 4 is 17.5 Å². The lowest BCUT2D eigenvalue weighted by molar-refractivity contribution is -0.124. The summed E-state index contributed by atoms with van der Waals surface area (Å²) in [6.45, 7) is 9.99. The molecule has 1 amide bonds. The minimum atomic E-state index is -0.102. The van der Waals surface area contributed by atoms with Crippen molar-refractivity contribution in [2.24, 2.45) is 5.92 Å². The van der Waals surface area contributed by atoms with Crippen LogP contribution in [0.2, 0.25) is 5.02 Å². The normalized spacial score (nSPS) is 12.4. The Morgan fingerprint density at radius 1 is 1.26 bits per heavy atom. The van der Waals surface area contributed by atoms with Crippen LogP contribution in [-0.4, -0.2) is 18.6 Å². The smallest absolute Gasteiger partial charge is 0.258 e. The number of aryl methyl sites for hydroxylation is 2. The van der Waals surface area contributed by atoms with E-state index in [1.54, 1.807) is 0 Å². The summed E-state index contributed by atoms with van der Waals surface area (Å²) in [5.74, 6) is 1.04. The number of hydrogen-bond acceptors (Lipinski definition) is 2. The summed E-state index contributed by atoms with van der Waals surface area (Å²) < 4.78 is 5.59. The first-order valence-corrected chi connectivity index (χ1v) is 6.88. The second-order valence-corrected chi connectivity index (χ2v) is 5.69. The largest absolute Gasteiger partial charge is 0.483 e. The fraction of sp³-hybridized carbons (Fsp3) is 0.533. The number of hydrogen-bond donors (Lipinski definition) is 1. The van der Waals surface area contributed by atoms with E-state index >= 15 is 0 Å². The van der Waals surface area contributed by atoms with Crippen molar-refractivity contribution in [2.45, 2.75) is 40.7 Å². The van der Waals surface area contributed by atoms with Crippen molar-refractivity contribution in [1.29, 1.82) is 0 Å². The molecule has 0 saturated carbocycles. The van der Waals surface area contributed by atoms with Gasteiger partial charge in [0.15, 0.2) is 6.61 Å². The third-order valence-corrected chi connectivity index (χ3v) is 3.38. The third-order valence-electron chi connectivity index (χ3n) is 3.16. The molecule has 0 aliphatic rings. The molecule has 106 valence electrons. The molecular weight excluding hydrogens is 262 g/mol. The van der Waals surface area contributed by atoms with E-state index in [0.29, 0.717) is 10.9 Å². The summed E-state index contributed by atoms with van der Waals surface area (Å²) in [7, 11) is 0. The van der Waals surface area contributed by atoms with Gasteiger partial charge in [0.1, 0.15) is 5.75 Å². The average molecular weight is 284 g/mol. The molecule has 0 heterocycles. The molecule has 3 nitrogen and oxygen atoms in total. The summed E-state index contributed by atoms with van der Waals surface area (Å²) in [6.07, 6.45) is 0. The van der Waals surface area contributed by atoms with Crippen molar-refractivity contribution < 1.29 is 9.53 Å². The molecule has 1 rings (SSSR count). The lowest BCUT2D eigenvalue weighted by atomic mass is 10.1. The predicted octanol–water partition coefficient (Wildman–Crippen LogP) is 3.50. The molecule has 0 aliphatic carbocycles. The van der Waals surface area contributed by atoms with Gasteiger partial charge in [-0.2, -0.15) is 0 Å². The van der Waals surface area contributed by atoms with E-state index in [4.69, 9.17) is 16.3 Å². The Morgan fingerprint density at radius 2 is 1.79 bits per heavy atom. The van der Waals surface area contributed by atoms with E-state index in [2.05, 4.69) is 19.2 Å². The van der Waals surface area contributed by atoms with Crippen LogP contribution in [0.25, 0.3) is 0 Å². The van der Waals surface area contributed by atoms with Crippen LogP contribution in [0.1, 0.15) is 31.9 Å². The summed E-state index contributed by atoms with van der Waals surface area (Å²) >= 11 is 5.95. The van der Waals surface area contributed by atoms with Crippen LogP contribution in [0, 0.1) is 19.8 Å². The molecule has 1 aromatic rings. The molecule has 1 aromatic carbocycles. The highest BCUT2D eigenvalue weighted by molar-refractivity contribution is 6.30. The van der Waals surface area contributed by atoms with Crippen LogP contribution in [0.15, 0.2) is 12.1 Å². The number of benzene rings is 1. The molecule has 0 saturated heterocycles. The van der Waals surface area contributed by atoms with Crippen molar-refractivity contribution in [3.8, 4) is 5.75 Å². The number of ether oxygens (including phenoxy) is 1. The fourth-order valence-electron chi connectivity index (χ4n) is 1.73. The highest BCUT2D eigenvalue weighted by Gasteiger charge is 2.12. The van der Waals surface area contributed by atoms with Crippen molar-refractivity contribution in [2.75, 3.05) is 6.61 Å². The van der Waals surface area contributed by atoms with E-state index in [-0.39, 0.29) is 18.6 Å². The minimum absolute atomic E-state index is 0.0281. The van der Waals surface area contributed by atoms with E-state index in [1.807, 2.05) is 32.9 Å². The first-order chi connectivity index (χ1) is 8.81. The Kier molecular flexibility index (Phi) is 5.67.